The van der Waals surface area contributed by atoms with Crippen molar-refractivity contribution in [1.82, 2.24) is 4.57 Å². The van der Waals surface area contributed by atoms with Crippen molar-refractivity contribution in [2.45, 2.75) is 96.9 Å². The molecule has 1 heterocycles. The van der Waals surface area contributed by atoms with Crippen LogP contribution in [0.2, 0.25) is 0 Å². The van der Waals surface area contributed by atoms with Crippen molar-refractivity contribution >= 4 is 0 Å². The third-order valence-corrected chi connectivity index (χ3v) is 5.81. The number of nitrogens with zero attached hydrogens (tertiary/aromatic N) is 1. The molecule has 0 bridgehead atoms. The minimum absolute atomic E-state index is 0.00661. The molecule has 1 aromatic carbocycles. The lowest BCUT2D eigenvalue weighted by Gasteiger charge is -2.08. The molecule has 0 amide bonds. The Bertz CT molecular complexity index is 754. The molecule has 2 aromatic rings. The van der Waals surface area contributed by atoms with E-state index in [0.29, 0.717) is 17.7 Å². The molecule has 168 valence electrons. The number of benzene rings is 1. The van der Waals surface area contributed by atoms with Crippen molar-refractivity contribution in [3.8, 4) is 23.3 Å². The number of aromatic hydroxyl groups is 4. The van der Waals surface area contributed by atoms with E-state index in [2.05, 4.69) is 6.92 Å². The Morgan fingerprint density at radius 2 is 1.23 bits per heavy atom. The van der Waals surface area contributed by atoms with Gasteiger partial charge in [-0.3, -0.25) is 4.57 Å². The lowest BCUT2D eigenvalue weighted by Crippen LogP contribution is -1.97. The zero-order valence-corrected chi connectivity index (χ0v) is 18.4. The monoisotopic (exact) mass is 417 g/mol. The molecule has 30 heavy (non-hydrogen) atoms. The molecule has 0 aliphatic carbocycles. The number of rotatable bonds is 15. The number of phenolic OH excluding ortho intramolecular Hbond substituents is 2. The van der Waals surface area contributed by atoms with Crippen LogP contribution < -0.4 is 0 Å². The summed E-state index contributed by atoms with van der Waals surface area (Å²) in [7, 11) is 0. The van der Waals surface area contributed by atoms with Crippen LogP contribution in [0.5, 0.6) is 23.3 Å². The Morgan fingerprint density at radius 1 is 0.667 bits per heavy atom. The molecule has 0 aliphatic rings. The fourth-order valence-electron chi connectivity index (χ4n) is 3.95. The predicted octanol–water partition coefficient (Wildman–Crippen LogP) is 6.60. The third kappa shape index (κ3) is 7.85. The van der Waals surface area contributed by atoms with Gasteiger partial charge in [0.2, 0.25) is 0 Å². The third-order valence-electron chi connectivity index (χ3n) is 5.81. The highest BCUT2D eigenvalue weighted by molar-refractivity contribution is 5.45. The summed E-state index contributed by atoms with van der Waals surface area (Å²) in [6, 6.07) is 5.93. The molecule has 5 heteroatoms. The van der Waals surface area contributed by atoms with E-state index in [1.165, 1.54) is 80.9 Å². The Balaban J connectivity index is 1.65. The van der Waals surface area contributed by atoms with Crippen molar-refractivity contribution in [1.29, 1.82) is 0 Å². The van der Waals surface area contributed by atoms with Crippen LogP contribution in [0.15, 0.2) is 24.3 Å². The van der Waals surface area contributed by atoms with Gasteiger partial charge < -0.3 is 20.4 Å². The first-order valence-electron chi connectivity index (χ1n) is 11.6. The van der Waals surface area contributed by atoms with Crippen LogP contribution in [-0.4, -0.2) is 25.0 Å². The van der Waals surface area contributed by atoms with Gasteiger partial charge in [-0.15, -0.1) is 0 Å². The summed E-state index contributed by atoms with van der Waals surface area (Å²) in [5.41, 5.74) is 1.15. The summed E-state index contributed by atoms with van der Waals surface area (Å²) in [6.45, 7) is 2.83. The quantitative estimate of drug-likeness (QED) is 0.246. The molecule has 4 N–H and O–H groups in total. The zero-order valence-electron chi connectivity index (χ0n) is 18.4. The van der Waals surface area contributed by atoms with Gasteiger partial charge in [-0.05, 0) is 18.1 Å². The van der Waals surface area contributed by atoms with Crippen molar-refractivity contribution in [3.63, 3.8) is 0 Å². The van der Waals surface area contributed by atoms with Gasteiger partial charge in [-0.2, -0.15) is 0 Å². The fourth-order valence-corrected chi connectivity index (χ4v) is 3.95. The smallest absolute Gasteiger partial charge is 0.197 e. The van der Waals surface area contributed by atoms with E-state index in [1.54, 1.807) is 12.1 Å². The summed E-state index contributed by atoms with van der Waals surface area (Å²) < 4.78 is 1.53. The lowest BCUT2D eigenvalue weighted by atomic mass is 10.1. The first kappa shape index (κ1) is 24.0. The normalized spacial score (nSPS) is 11.2. The zero-order chi connectivity index (χ0) is 21.8. The predicted molar refractivity (Wildman–Crippen MR) is 121 cm³/mol. The maximum atomic E-state index is 10.5. The molecule has 0 aliphatic heterocycles. The van der Waals surface area contributed by atoms with Gasteiger partial charge in [0.25, 0.3) is 0 Å². The minimum Gasteiger partial charge on any atom is -0.508 e. The van der Waals surface area contributed by atoms with Crippen molar-refractivity contribution in [3.05, 3.63) is 35.4 Å². The second-order valence-corrected chi connectivity index (χ2v) is 8.38. The van der Waals surface area contributed by atoms with Gasteiger partial charge >= 0.3 is 0 Å². The van der Waals surface area contributed by atoms with E-state index in [4.69, 9.17) is 0 Å². The minimum atomic E-state index is -0.0254. The largest absolute Gasteiger partial charge is 0.508 e. The van der Waals surface area contributed by atoms with Gasteiger partial charge in [0.05, 0.1) is 0 Å². The topological polar surface area (TPSA) is 85.9 Å². The van der Waals surface area contributed by atoms with Crippen molar-refractivity contribution < 1.29 is 20.4 Å². The second-order valence-electron chi connectivity index (χ2n) is 8.38. The molecular weight excluding hydrogens is 378 g/mol. The number of hydrogen-bond acceptors (Lipinski definition) is 4. The lowest BCUT2D eigenvalue weighted by molar-refractivity contribution is 0.360. The average Bonchev–Trinajstić information content (AvgIpc) is 2.98. The first-order valence-corrected chi connectivity index (χ1v) is 11.6. The molecule has 0 radical (unpaired) electrons. The fraction of sp³-hybridized carbons (Fsp3) is 0.600. The van der Waals surface area contributed by atoms with Crippen LogP contribution in [0.3, 0.4) is 0 Å². The standard InChI is InChI=1S/C25H39NO4/c1-2-3-4-5-6-7-8-9-10-11-12-13-16-26-24(29)18-21(25(26)30)17-20-14-15-22(27)19-23(20)28/h14-15,18-19,27-30H,2-13,16-17H2,1H3. The summed E-state index contributed by atoms with van der Waals surface area (Å²) in [4.78, 5) is 0. The SMILES string of the molecule is CCCCCCCCCCCCCCn1c(O)cc(Cc2ccc(O)cc2O)c1O. The molecule has 0 atom stereocenters. The van der Waals surface area contributed by atoms with Gasteiger partial charge in [0.15, 0.2) is 11.8 Å². The number of unbranched alkanes of at least 4 members (excludes halogenated alkanes) is 11. The van der Waals surface area contributed by atoms with Crippen LogP contribution in [0.1, 0.15) is 95.1 Å². The molecule has 0 saturated carbocycles. The second kappa shape index (κ2) is 13.1. The van der Waals surface area contributed by atoms with E-state index in [1.807, 2.05) is 0 Å². The Kier molecular flexibility index (Phi) is 10.5. The van der Waals surface area contributed by atoms with E-state index >= 15 is 0 Å². The van der Waals surface area contributed by atoms with E-state index in [9.17, 15) is 20.4 Å². The summed E-state index contributed by atoms with van der Waals surface area (Å²) in [5, 5.41) is 40.0. The van der Waals surface area contributed by atoms with Gasteiger partial charge in [-0.1, -0.05) is 83.6 Å². The van der Waals surface area contributed by atoms with E-state index < -0.39 is 0 Å². The van der Waals surface area contributed by atoms with Crippen LogP contribution in [-0.2, 0) is 13.0 Å². The summed E-state index contributed by atoms with van der Waals surface area (Å²) in [6.07, 6.45) is 15.5. The molecule has 0 fully saturated rings. The highest BCUT2D eigenvalue weighted by Gasteiger charge is 2.15. The molecule has 2 rings (SSSR count). The molecule has 5 nitrogen and oxygen atoms in total. The van der Waals surface area contributed by atoms with Gasteiger partial charge in [-0.25, -0.2) is 0 Å². The molecule has 0 spiro atoms. The van der Waals surface area contributed by atoms with Crippen LogP contribution >= 0.6 is 0 Å². The molecule has 0 saturated heterocycles. The molecule has 0 unspecified atom stereocenters. The maximum Gasteiger partial charge on any atom is 0.197 e. The van der Waals surface area contributed by atoms with Crippen LogP contribution in [0, 0.1) is 0 Å². The van der Waals surface area contributed by atoms with Crippen molar-refractivity contribution in [2.24, 2.45) is 0 Å². The maximum absolute atomic E-state index is 10.5. The molecular formula is C25H39NO4. The number of hydrogen-bond donors (Lipinski definition) is 4. The van der Waals surface area contributed by atoms with Crippen molar-refractivity contribution in [2.75, 3.05) is 0 Å². The van der Waals surface area contributed by atoms with E-state index in [-0.39, 0.29) is 29.7 Å². The number of aromatic nitrogens is 1. The number of phenols is 2. The Labute approximate surface area is 181 Å². The van der Waals surface area contributed by atoms with Gasteiger partial charge in [0.1, 0.15) is 11.5 Å². The highest BCUT2D eigenvalue weighted by atomic mass is 16.3. The van der Waals surface area contributed by atoms with Crippen LogP contribution in [0.25, 0.3) is 0 Å². The summed E-state index contributed by atoms with van der Waals surface area (Å²) >= 11 is 0. The first-order chi connectivity index (χ1) is 14.5. The van der Waals surface area contributed by atoms with E-state index in [0.717, 1.165) is 12.8 Å². The summed E-state index contributed by atoms with van der Waals surface area (Å²) in [5.74, 6) is 0.0577. The van der Waals surface area contributed by atoms with Gasteiger partial charge in [0, 0.05) is 30.7 Å². The molecule has 1 aromatic heterocycles. The average molecular weight is 418 g/mol. The Morgan fingerprint density at radius 3 is 1.80 bits per heavy atom. The van der Waals surface area contributed by atoms with Crippen LogP contribution in [0.4, 0.5) is 0 Å². The highest BCUT2D eigenvalue weighted by Crippen LogP contribution is 2.33. The Hall–Kier alpha value is -2.30.